The number of aliphatic hydroxyl groups is 1. The molecule has 0 radical (unpaired) electrons. The number of nitrogens with one attached hydrogen (secondary N) is 1. The van der Waals surface area contributed by atoms with Gasteiger partial charge < -0.3 is 19.7 Å². The molecule has 0 saturated carbocycles. The minimum Gasteiger partial charge on any atom is -0.459 e. The molecule has 1 atom stereocenters. The molecule has 0 aromatic carbocycles. The molecule has 106 valence electrons. The lowest BCUT2D eigenvalue weighted by molar-refractivity contribution is -0.121. The van der Waals surface area contributed by atoms with E-state index in [4.69, 9.17) is 4.42 Å². The van der Waals surface area contributed by atoms with Crippen LogP contribution in [0.2, 0.25) is 0 Å². The van der Waals surface area contributed by atoms with E-state index < -0.39 is 6.10 Å². The van der Waals surface area contributed by atoms with Gasteiger partial charge in [-0.1, -0.05) is 6.92 Å². The van der Waals surface area contributed by atoms with Gasteiger partial charge in [-0.05, 0) is 25.0 Å². The lowest BCUT2D eigenvalue weighted by Crippen LogP contribution is -2.39. The van der Waals surface area contributed by atoms with E-state index in [0.717, 1.165) is 0 Å². The summed E-state index contributed by atoms with van der Waals surface area (Å²) in [5, 5.41) is 12.0. The summed E-state index contributed by atoms with van der Waals surface area (Å²) < 4.78 is 4.97. The third-order valence-corrected chi connectivity index (χ3v) is 2.73. The number of hydrogen-bond acceptors (Lipinski definition) is 4. The Morgan fingerprint density at radius 1 is 1.53 bits per heavy atom. The van der Waals surface area contributed by atoms with Crippen molar-refractivity contribution in [1.82, 2.24) is 10.2 Å². The Bertz CT molecular complexity index is 403. The fraction of sp³-hybridized carbons (Fsp3) is 0.538. The Kier molecular flexibility index (Phi) is 6.08. The van der Waals surface area contributed by atoms with Crippen molar-refractivity contribution >= 4 is 11.8 Å². The maximum absolute atomic E-state index is 11.8. The van der Waals surface area contributed by atoms with Gasteiger partial charge in [-0.2, -0.15) is 0 Å². The molecule has 1 aromatic rings. The van der Waals surface area contributed by atoms with Crippen molar-refractivity contribution in [2.75, 3.05) is 20.1 Å². The lowest BCUT2D eigenvalue weighted by atomic mass is 10.2. The molecule has 0 bridgehead atoms. The second-order valence-electron chi connectivity index (χ2n) is 4.34. The zero-order valence-corrected chi connectivity index (χ0v) is 11.3. The van der Waals surface area contributed by atoms with E-state index in [1.165, 1.54) is 18.2 Å². The van der Waals surface area contributed by atoms with E-state index in [0.29, 0.717) is 19.4 Å². The normalized spacial score (nSPS) is 11.9. The number of likely N-dealkylation sites (N-methyl/N-ethyl adjacent to an activating group) is 1. The molecule has 2 amide bonds. The maximum Gasteiger partial charge on any atom is 0.289 e. The fourth-order valence-corrected chi connectivity index (χ4v) is 1.51. The molecule has 1 aromatic heterocycles. The number of carbonyl (C=O) groups is 2. The predicted molar refractivity (Wildman–Crippen MR) is 69.6 cm³/mol. The lowest BCUT2D eigenvalue weighted by Gasteiger charge is -2.15. The summed E-state index contributed by atoms with van der Waals surface area (Å²) in [6.45, 7) is 2.24. The average Bonchev–Trinajstić information content (AvgIpc) is 2.91. The molecule has 2 N–H and O–H groups in total. The van der Waals surface area contributed by atoms with Crippen LogP contribution in [0.15, 0.2) is 22.8 Å². The van der Waals surface area contributed by atoms with E-state index in [1.807, 2.05) is 6.92 Å². The van der Waals surface area contributed by atoms with Gasteiger partial charge in [0.2, 0.25) is 5.91 Å². The molecule has 1 rings (SSSR count). The molecule has 0 fully saturated rings. The monoisotopic (exact) mass is 268 g/mol. The summed E-state index contributed by atoms with van der Waals surface area (Å²) in [5.41, 5.74) is 0. The molecule has 1 unspecified atom stereocenters. The second kappa shape index (κ2) is 7.58. The van der Waals surface area contributed by atoms with Gasteiger partial charge in [0.15, 0.2) is 5.76 Å². The van der Waals surface area contributed by atoms with Gasteiger partial charge in [-0.15, -0.1) is 0 Å². The highest BCUT2D eigenvalue weighted by Gasteiger charge is 2.16. The predicted octanol–water partition coefficient (Wildman–Crippen LogP) is 0.629. The number of furan rings is 1. The summed E-state index contributed by atoms with van der Waals surface area (Å²) in [5.74, 6) is -0.392. The number of carbonyl (C=O) groups excluding carboxylic acids is 2. The molecule has 0 spiro atoms. The van der Waals surface area contributed by atoms with E-state index >= 15 is 0 Å². The number of nitrogens with zero attached hydrogens (tertiary/aromatic N) is 1. The zero-order chi connectivity index (χ0) is 14.3. The topological polar surface area (TPSA) is 82.8 Å². The van der Waals surface area contributed by atoms with Crippen LogP contribution in [0.3, 0.4) is 0 Å². The van der Waals surface area contributed by atoms with Crippen molar-refractivity contribution in [3.8, 4) is 0 Å². The van der Waals surface area contributed by atoms with Crippen LogP contribution < -0.4 is 5.32 Å². The van der Waals surface area contributed by atoms with Crippen molar-refractivity contribution in [3.05, 3.63) is 24.2 Å². The number of aliphatic hydroxyl groups excluding tert-OH is 1. The van der Waals surface area contributed by atoms with Crippen molar-refractivity contribution in [1.29, 1.82) is 0 Å². The first-order valence-electron chi connectivity index (χ1n) is 6.28. The molecule has 0 aliphatic rings. The quantitative estimate of drug-likeness (QED) is 0.759. The molecule has 6 heteroatoms. The smallest absolute Gasteiger partial charge is 0.289 e. The Morgan fingerprint density at radius 2 is 2.26 bits per heavy atom. The second-order valence-corrected chi connectivity index (χ2v) is 4.34. The summed E-state index contributed by atoms with van der Waals surface area (Å²) in [7, 11) is 1.53. The summed E-state index contributed by atoms with van der Waals surface area (Å²) in [6.07, 6.45) is 2.18. The number of amides is 2. The van der Waals surface area contributed by atoms with Gasteiger partial charge in [0.1, 0.15) is 0 Å². The highest BCUT2D eigenvalue weighted by Crippen LogP contribution is 2.03. The Hall–Kier alpha value is -1.82. The highest BCUT2D eigenvalue weighted by atomic mass is 16.3. The van der Waals surface area contributed by atoms with Crippen molar-refractivity contribution in [2.45, 2.75) is 25.9 Å². The molecule has 19 heavy (non-hydrogen) atoms. The van der Waals surface area contributed by atoms with E-state index in [2.05, 4.69) is 5.32 Å². The molecular formula is C13H20N2O4. The Morgan fingerprint density at radius 3 is 2.84 bits per heavy atom. The van der Waals surface area contributed by atoms with Crippen LogP contribution in [-0.4, -0.2) is 48.1 Å². The van der Waals surface area contributed by atoms with Crippen LogP contribution in [-0.2, 0) is 4.79 Å². The largest absolute Gasteiger partial charge is 0.459 e. The summed E-state index contributed by atoms with van der Waals surface area (Å²) in [6, 6.07) is 3.17. The first-order chi connectivity index (χ1) is 9.04. The third kappa shape index (κ3) is 5.13. The van der Waals surface area contributed by atoms with Gasteiger partial charge in [0.25, 0.3) is 5.91 Å². The SMILES string of the molecule is CCC(O)CCNC(=O)CN(C)C(=O)c1ccco1. The third-order valence-electron chi connectivity index (χ3n) is 2.73. The molecule has 0 aliphatic heterocycles. The van der Waals surface area contributed by atoms with Gasteiger partial charge >= 0.3 is 0 Å². The molecule has 6 nitrogen and oxygen atoms in total. The molecular weight excluding hydrogens is 248 g/mol. The van der Waals surface area contributed by atoms with E-state index in [-0.39, 0.29) is 24.1 Å². The van der Waals surface area contributed by atoms with Crippen LogP contribution in [0, 0.1) is 0 Å². The highest BCUT2D eigenvalue weighted by molar-refractivity contribution is 5.94. The van der Waals surface area contributed by atoms with E-state index in [1.54, 1.807) is 12.1 Å². The van der Waals surface area contributed by atoms with Crippen molar-refractivity contribution in [2.24, 2.45) is 0 Å². The number of hydrogen-bond donors (Lipinski definition) is 2. The summed E-state index contributed by atoms with van der Waals surface area (Å²) in [4.78, 5) is 24.6. The average molecular weight is 268 g/mol. The van der Waals surface area contributed by atoms with Gasteiger partial charge in [0, 0.05) is 13.6 Å². The van der Waals surface area contributed by atoms with Crippen LogP contribution in [0.5, 0.6) is 0 Å². The van der Waals surface area contributed by atoms with E-state index in [9.17, 15) is 14.7 Å². The maximum atomic E-state index is 11.8. The van der Waals surface area contributed by atoms with Crippen LogP contribution >= 0.6 is 0 Å². The Labute approximate surface area is 112 Å². The Balaban J connectivity index is 2.30. The van der Waals surface area contributed by atoms with Crippen LogP contribution in [0.25, 0.3) is 0 Å². The first-order valence-corrected chi connectivity index (χ1v) is 6.28. The fourth-order valence-electron chi connectivity index (χ4n) is 1.51. The zero-order valence-electron chi connectivity index (χ0n) is 11.3. The first kappa shape index (κ1) is 15.2. The molecule has 0 saturated heterocycles. The minimum absolute atomic E-state index is 0.0399. The van der Waals surface area contributed by atoms with Crippen LogP contribution in [0.4, 0.5) is 0 Å². The van der Waals surface area contributed by atoms with Crippen molar-refractivity contribution < 1.29 is 19.1 Å². The standard InChI is InChI=1S/C13H20N2O4/c1-3-10(16)6-7-14-12(17)9-15(2)13(18)11-5-4-8-19-11/h4-5,8,10,16H,3,6-7,9H2,1-2H3,(H,14,17). The minimum atomic E-state index is -0.400. The van der Waals surface area contributed by atoms with Gasteiger partial charge in [0.05, 0.1) is 18.9 Å². The molecule has 1 heterocycles. The summed E-state index contributed by atoms with van der Waals surface area (Å²) >= 11 is 0. The van der Waals surface area contributed by atoms with Gasteiger partial charge in [-0.25, -0.2) is 0 Å². The van der Waals surface area contributed by atoms with Crippen LogP contribution in [0.1, 0.15) is 30.3 Å². The molecule has 0 aliphatic carbocycles. The van der Waals surface area contributed by atoms with Crippen molar-refractivity contribution in [3.63, 3.8) is 0 Å². The number of rotatable bonds is 7. The van der Waals surface area contributed by atoms with Gasteiger partial charge in [-0.3, -0.25) is 9.59 Å².